The Kier molecular flexibility index (Phi) is 6.95. The fourth-order valence-electron chi connectivity index (χ4n) is 6.61. The molecular formula is C32H36N4O6. The van der Waals surface area contributed by atoms with Gasteiger partial charge in [0.1, 0.15) is 18.0 Å². The number of hydrogen-bond donors (Lipinski definition) is 1. The molecule has 42 heavy (non-hydrogen) atoms. The van der Waals surface area contributed by atoms with E-state index in [0.717, 1.165) is 22.3 Å². The monoisotopic (exact) mass is 572 g/mol. The molecule has 1 saturated heterocycles. The second-order valence-corrected chi connectivity index (χ2v) is 12.4. The number of aromatic nitrogens is 2. The van der Waals surface area contributed by atoms with E-state index in [9.17, 15) is 19.5 Å². The Morgan fingerprint density at radius 3 is 2.31 bits per heavy atom. The van der Waals surface area contributed by atoms with Gasteiger partial charge < -0.3 is 24.0 Å². The lowest BCUT2D eigenvalue weighted by Crippen LogP contribution is -2.63. The first-order valence-electron chi connectivity index (χ1n) is 14.4. The Morgan fingerprint density at radius 2 is 1.69 bits per heavy atom. The summed E-state index contributed by atoms with van der Waals surface area (Å²) in [4.78, 5) is 45.7. The summed E-state index contributed by atoms with van der Waals surface area (Å²) < 4.78 is 13.6. The number of aliphatic carboxylic acids is 1. The van der Waals surface area contributed by atoms with Crippen molar-refractivity contribution < 1.29 is 29.0 Å². The summed E-state index contributed by atoms with van der Waals surface area (Å²) in [5.74, 6) is -0.297. The molecule has 10 heteroatoms. The van der Waals surface area contributed by atoms with Gasteiger partial charge in [-0.2, -0.15) is 0 Å². The van der Waals surface area contributed by atoms with Gasteiger partial charge >= 0.3 is 18.2 Å². The van der Waals surface area contributed by atoms with Crippen molar-refractivity contribution in [3.8, 4) is 11.1 Å². The summed E-state index contributed by atoms with van der Waals surface area (Å²) in [7, 11) is 0. The quantitative estimate of drug-likeness (QED) is 0.404. The summed E-state index contributed by atoms with van der Waals surface area (Å²) >= 11 is 0. The Hall–Kier alpha value is -4.34. The van der Waals surface area contributed by atoms with E-state index in [0.29, 0.717) is 25.3 Å². The van der Waals surface area contributed by atoms with Crippen LogP contribution in [0, 0.1) is 0 Å². The van der Waals surface area contributed by atoms with E-state index < -0.39 is 29.2 Å². The fraction of sp³-hybridized carbons (Fsp3) is 0.438. The molecule has 2 aromatic carbocycles. The van der Waals surface area contributed by atoms with Crippen molar-refractivity contribution in [1.82, 2.24) is 19.4 Å². The van der Waals surface area contributed by atoms with Gasteiger partial charge in [0, 0.05) is 50.8 Å². The molecule has 2 amide bonds. The zero-order valence-electron chi connectivity index (χ0n) is 24.2. The second kappa shape index (κ2) is 10.5. The van der Waals surface area contributed by atoms with Crippen LogP contribution in [0.1, 0.15) is 68.9 Å². The van der Waals surface area contributed by atoms with Gasteiger partial charge in [0.05, 0.1) is 11.6 Å². The Morgan fingerprint density at radius 1 is 1.05 bits per heavy atom. The summed E-state index contributed by atoms with van der Waals surface area (Å²) in [5, 5.41) is 9.28. The lowest BCUT2D eigenvalue weighted by Gasteiger charge is -2.49. The fourth-order valence-corrected chi connectivity index (χ4v) is 6.61. The Balaban J connectivity index is 1.20. The molecule has 3 heterocycles. The molecule has 1 aliphatic carbocycles. The van der Waals surface area contributed by atoms with Gasteiger partial charge in [-0.05, 0) is 49.4 Å². The van der Waals surface area contributed by atoms with E-state index in [1.54, 1.807) is 16.0 Å². The normalized spacial score (nSPS) is 18.2. The third-order valence-electron chi connectivity index (χ3n) is 8.41. The van der Waals surface area contributed by atoms with Gasteiger partial charge in [-0.15, -0.1) is 0 Å². The molecule has 0 radical (unpaired) electrons. The average Bonchev–Trinajstić information content (AvgIpc) is 3.60. The van der Waals surface area contributed by atoms with Crippen LogP contribution in [0.3, 0.4) is 0 Å². The van der Waals surface area contributed by atoms with E-state index in [-0.39, 0.29) is 38.0 Å². The van der Waals surface area contributed by atoms with Crippen LogP contribution >= 0.6 is 0 Å². The highest BCUT2D eigenvalue weighted by atomic mass is 16.6. The molecule has 2 aliphatic heterocycles. The van der Waals surface area contributed by atoms with E-state index >= 15 is 0 Å². The number of amides is 2. The number of rotatable bonds is 7. The molecule has 10 nitrogen and oxygen atoms in total. The minimum absolute atomic E-state index is 0.0636. The van der Waals surface area contributed by atoms with Gasteiger partial charge in [0.2, 0.25) is 0 Å². The van der Waals surface area contributed by atoms with E-state index in [1.807, 2.05) is 51.2 Å². The molecule has 6 rings (SSSR count). The average molecular weight is 573 g/mol. The lowest BCUT2D eigenvalue weighted by atomic mass is 9.86. The molecule has 0 bridgehead atoms. The van der Waals surface area contributed by atoms with Crippen molar-refractivity contribution in [2.75, 3.05) is 26.2 Å². The molecule has 3 aliphatic rings. The van der Waals surface area contributed by atoms with E-state index in [1.165, 1.54) is 0 Å². The number of hydrogen-bond acceptors (Lipinski definition) is 6. The summed E-state index contributed by atoms with van der Waals surface area (Å²) in [6.45, 7) is 6.77. The minimum Gasteiger partial charge on any atom is -0.481 e. The molecule has 0 saturated carbocycles. The highest BCUT2D eigenvalue weighted by Gasteiger charge is 2.56. The number of nitrogens with zero attached hydrogens (tertiary/aromatic N) is 4. The van der Waals surface area contributed by atoms with Crippen LogP contribution in [-0.4, -0.2) is 74.5 Å². The van der Waals surface area contributed by atoms with Gasteiger partial charge in [0.15, 0.2) is 0 Å². The molecule has 1 unspecified atom stereocenters. The van der Waals surface area contributed by atoms with Crippen molar-refractivity contribution in [2.45, 2.75) is 63.1 Å². The highest BCUT2D eigenvalue weighted by Crippen LogP contribution is 2.48. The lowest BCUT2D eigenvalue weighted by molar-refractivity contribution is -0.137. The van der Waals surface area contributed by atoms with Crippen LogP contribution in [-0.2, 0) is 19.8 Å². The largest absolute Gasteiger partial charge is 0.481 e. The van der Waals surface area contributed by atoms with Gasteiger partial charge in [-0.3, -0.25) is 9.69 Å². The third-order valence-corrected chi connectivity index (χ3v) is 8.41. The van der Waals surface area contributed by atoms with E-state index in [4.69, 9.17) is 9.47 Å². The highest BCUT2D eigenvalue weighted by molar-refractivity contribution is 5.79. The molecule has 1 spiro atoms. The van der Waals surface area contributed by atoms with Crippen molar-refractivity contribution >= 4 is 18.2 Å². The van der Waals surface area contributed by atoms with Crippen LogP contribution in [0.2, 0.25) is 0 Å². The smallest absolute Gasteiger partial charge is 0.410 e. The number of benzene rings is 2. The van der Waals surface area contributed by atoms with Crippen molar-refractivity contribution in [2.24, 2.45) is 0 Å². The zero-order chi connectivity index (χ0) is 29.6. The maximum Gasteiger partial charge on any atom is 0.410 e. The number of carbonyl (C=O) groups is 3. The van der Waals surface area contributed by atoms with Crippen molar-refractivity contribution in [1.29, 1.82) is 0 Å². The first kappa shape index (κ1) is 27.8. The predicted molar refractivity (Wildman–Crippen MR) is 154 cm³/mol. The molecule has 220 valence electrons. The van der Waals surface area contributed by atoms with Crippen LogP contribution in [0.5, 0.6) is 0 Å². The Labute approximate surface area is 244 Å². The molecule has 1 N–H and O–H groups in total. The number of fused-ring (bicyclic) bond motifs is 5. The molecule has 1 aromatic heterocycles. The number of carbonyl (C=O) groups excluding carboxylic acids is 2. The topological polar surface area (TPSA) is 114 Å². The number of imidazole rings is 1. The van der Waals surface area contributed by atoms with E-state index in [2.05, 4.69) is 33.8 Å². The third kappa shape index (κ3) is 4.99. The van der Waals surface area contributed by atoms with Gasteiger partial charge in [-0.25, -0.2) is 14.6 Å². The second-order valence-electron chi connectivity index (χ2n) is 12.4. The van der Waals surface area contributed by atoms with Gasteiger partial charge in [-0.1, -0.05) is 48.5 Å². The zero-order valence-corrected chi connectivity index (χ0v) is 24.2. The maximum absolute atomic E-state index is 13.8. The van der Waals surface area contributed by atoms with Crippen LogP contribution in [0.15, 0.2) is 60.9 Å². The van der Waals surface area contributed by atoms with Crippen molar-refractivity contribution in [3.05, 3.63) is 77.9 Å². The van der Waals surface area contributed by atoms with Crippen molar-refractivity contribution in [3.63, 3.8) is 0 Å². The SMILES string of the molecule is CC(C)(C)OC(=O)N1CC2(CC(N(CCCC(=O)O)C(=O)OCC3c4ccccc4-c4ccccc43)c3nccn32)C1. The summed E-state index contributed by atoms with van der Waals surface area (Å²) in [5.41, 5.74) is 3.52. The molecule has 3 aromatic rings. The molecule has 1 atom stereocenters. The predicted octanol–water partition coefficient (Wildman–Crippen LogP) is 5.39. The number of carboxylic acid groups (broad SMARTS) is 1. The minimum atomic E-state index is -0.918. The van der Waals surface area contributed by atoms with Gasteiger partial charge in [0.25, 0.3) is 0 Å². The Bertz CT molecular complexity index is 1470. The number of carboxylic acids is 1. The summed E-state index contributed by atoms with van der Waals surface area (Å²) in [6.07, 6.45) is 3.49. The summed E-state index contributed by atoms with van der Waals surface area (Å²) in [6, 6.07) is 15.9. The van der Waals surface area contributed by atoms with Crippen LogP contribution < -0.4 is 0 Å². The maximum atomic E-state index is 13.8. The molecule has 1 fully saturated rings. The molecular weight excluding hydrogens is 536 g/mol. The number of likely N-dealkylation sites (tertiary alicyclic amines) is 1. The number of ether oxygens (including phenoxy) is 2. The standard InChI is InChI=1S/C32H36N4O6/c1-31(2,3)42-29(39)34-19-32(20-34)17-26(28-33-14-16-36(28)32)35(15-8-13-27(37)38)30(40)41-18-25-23-11-6-4-9-21(23)22-10-5-7-12-24(22)25/h4-7,9-12,14,16,25-26H,8,13,15,17-20H2,1-3H3,(H,37,38). The van der Waals surface area contributed by atoms with Crippen LogP contribution in [0.4, 0.5) is 9.59 Å². The van der Waals surface area contributed by atoms with Crippen LogP contribution in [0.25, 0.3) is 11.1 Å². The first-order valence-corrected chi connectivity index (χ1v) is 14.4. The first-order chi connectivity index (χ1) is 20.1.